The van der Waals surface area contributed by atoms with Crippen molar-refractivity contribution in [2.45, 2.75) is 31.2 Å². The van der Waals surface area contributed by atoms with Crippen LogP contribution >= 0.6 is 23.4 Å². The summed E-state index contributed by atoms with van der Waals surface area (Å²) in [6, 6.07) is 13.3. The van der Waals surface area contributed by atoms with Crippen molar-refractivity contribution in [3.8, 4) is 17.1 Å². The molecule has 162 valence electrons. The van der Waals surface area contributed by atoms with Crippen molar-refractivity contribution in [1.29, 1.82) is 0 Å². The molecule has 0 saturated heterocycles. The fourth-order valence-electron chi connectivity index (χ4n) is 3.02. The molecule has 1 unspecified atom stereocenters. The molecule has 3 heterocycles. The van der Waals surface area contributed by atoms with Crippen molar-refractivity contribution in [3.05, 3.63) is 77.2 Å². The summed E-state index contributed by atoms with van der Waals surface area (Å²) >= 11 is 7.20. The number of aromatic nitrogens is 5. The molecule has 0 aliphatic rings. The summed E-state index contributed by atoms with van der Waals surface area (Å²) < 4.78 is 1.97. The Hall–Kier alpha value is -3.23. The molecule has 0 saturated carbocycles. The third-order valence-electron chi connectivity index (χ3n) is 4.95. The summed E-state index contributed by atoms with van der Waals surface area (Å²) in [7, 11) is 0. The normalized spacial score (nSPS) is 11.9. The number of aryl methyl sites for hydroxylation is 2. The standard InChI is InChI=1S/C23H21ClN6OS/c1-14-4-6-19(12-15(14)2)30-21(17-8-10-25-11-9-17)28-29-23(30)32-16(3)22(31)27-20-7-5-18(24)13-26-20/h4-13,16H,1-3H3,(H,26,27,31). The van der Waals surface area contributed by atoms with Crippen molar-refractivity contribution in [1.82, 2.24) is 24.7 Å². The molecular weight excluding hydrogens is 444 g/mol. The van der Waals surface area contributed by atoms with E-state index in [1.807, 2.05) is 29.7 Å². The highest BCUT2D eigenvalue weighted by Gasteiger charge is 2.22. The van der Waals surface area contributed by atoms with Gasteiger partial charge in [0.05, 0.1) is 16.0 Å². The monoisotopic (exact) mass is 464 g/mol. The zero-order valence-corrected chi connectivity index (χ0v) is 19.4. The topological polar surface area (TPSA) is 85.6 Å². The van der Waals surface area contributed by atoms with Crippen LogP contribution in [0.5, 0.6) is 0 Å². The van der Waals surface area contributed by atoms with Gasteiger partial charge < -0.3 is 5.32 Å². The van der Waals surface area contributed by atoms with Gasteiger partial charge >= 0.3 is 0 Å². The second-order valence-corrected chi connectivity index (χ2v) is 9.00. The molecule has 3 aromatic heterocycles. The zero-order chi connectivity index (χ0) is 22.7. The van der Waals surface area contributed by atoms with E-state index in [1.165, 1.54) is 23.5 Å². The van der Waals surface area contributed by atoms with Crippen molar-refractivity contribution in [2.75, 3.05) is 5.32 Å². The number of hydrogen-bond donors (Lipinski definition) is 1. The molecule has 9 heteroatoms. The Kier molecular flexibility index (Phi) is 6.53. The molecule has 1 atom stereocenters. The van der Waals surface area contributed by atoms with Crippen molar-refractivity contribution < 1.29 is 4.79 Å². The van der Waals surface area contributed by atoms with Gasteiger partial charge in [0.25, 0.3) is 0 Å². The van der Waals surface area contributed by atoms with Crippen LogP contribution in [0.15, 0.2) is 66.2 Å². The third-order valence-corrected chi connectivity index (χ3v) is 6.22. The van der Waals surface area contributed by atoms with Crippen LogP contribution in [-0.2, 0) is 4.79 Å². The minimum absolute atomic E-state index is 0.190. The van der Waals surface area contributed by atoms with Gasteiger partial charge in [-0.2, -0.15) is 0 Å². The first-order chi connectivity index (χ1) is 15.4. The Morgan fingerprint density at radius 3 is 2.53 bits per heavy atom. The Morgan fingerprint density at radius 1 is 1.06 bits per heavy atom. The van der Waals surface area contributed by atoms with Crippen LogP contribution in [0.3, 0.4) is 0 Å². The Balaban J connectivity index is 1.66. The van der Waals surface area contributed by atoms with Crippen molar-refractivity contribution >= 4 is 35.1 Å². The van der Waals surface area contributed by atoms with Gasteiger partial charge in [0.1, 0.15) is 5.82 Å². The number of pyridine rings is 2. The largest absolute Gasteiger partial charge is 0.310 e. The maximum absolute atomic E-state index is 12.8. The highest BCUT2D eigenvalue weighted by Crippen LogP contribution is 2.31. The van der Waals surface area contributed by atoms with Crippen LogP contribution in [0.2, 0.25) is 5.02 Å². The first kappa shape index (κ1) is 22.0. The first-order valence-corrected chi connectivity index (χ1v) is 11.2. The van der Waals surface area contributed by atoms with Crippen LogP contribution in [0.1, 0.15) is 18.1 Å². The van der Waals surface area contributed by atoms with Gasteiger partial charge in [0.2, 0.25) is 5.91 Å². The molecule has 1 aromatic carbocycles. The molecule has 0 radical (unpaired) electrons. The minimum atomic E-state index is -0.438. The Bertz CT molecular complexity index is 1240. The van der Waals surface area contributed by atoms with Crippen LogP contribution in [0.25, 0.3) is 17.1 Å². The van der Waals surface area contributed by atoms with Gasteiger partial charge in [-0.3, -0.25) is 14.3 Å². The predicted octanol–water partition coefficient (Wildman–Crippen LogP) is 5.11. The highest BCUT2D eigenvalue weighted by molar-refractivity contribution is 8.00. The molecule has 7 nitrogen and oxygen atoms in total. The molecule has 1 amide bonds. The quantitative estimate of drug-likeness (QED) is 0.399. The van der Waals surface area contributed by atoms with E-state index in [0.29, 0.717) is 21.8 Å². The number of amides is 1. The van der Waals surface area contributed by atoms with E-state index in [-0.39, 0.29) is 5.91 Å². The van der Waals surface area contributed by atoms with Gasteiger partial charge in [0.15, 0.2) is 11.0 Å². The molecule has 0 bridgehead atoms. The minimum Gasteiger partial charge on any atom is -0.310 e. The first-order valence-electron chi connectivity index (χ1n) is 9.95. The lowest BCUT2D eigenvalue weighted by molar-refractivity contribution is -0.115. The van der Waals surface area contributed by atoms with E-state index in [2.05, 4.69) is 51.5 Å². The fourth-order valence-corrected chi connectivity index (χ4v) is 4.00. The number of carbonyl (C=O) groups excluding carboxylic acids is 1. The van der Waals surface area contributed by atoms with Crippen LogP contribution in [0.4, 0.5) is 5.82 Å². The summed E-state index contributed by atoms with van der Waals surface area (Å²) in [5, 5.41) is 12.3. The van der Waals surface area contributed by atoms with E-state index >= 15 is 0 Å². The Morgan fingerprint density at radius 2 is 1.84 bits per heavy atom. The summed E-state index contributed by atoms with van der Waals surface area (Å²) in [5.41, 5.74) is 4.18. The maximum atomic E-state index is 12.8. The third kappa shape index (κ3) is 4.81. The van der Waals surface area contributed by atoms with Crippen molar-refractivity contribution in [2.24, 2.45) is 0 Å². The number of rotatable bonds is 6. The highest BCUT2D eigenvalue weighted by atomic mass is 35.5. The summed E-state index contributed by atoms with van der Waals surface area (Å²) in [4.78, 5) is 21.0. The average molecular weight is 465 g/mol. The zero-order valence-electron chi connectivity index (χ0n) is 17.8. The van der Waals surface area contributed by atoms with Gasteiger partial charge in [-0.25, -0.2) is 4.98 Å². The van der Waals surface area contributed by atoms with E-state index in [0.717, 1.165) is 16.8 Å². The summed E-state index contributed by atoms with van der Waals surface area (Å²) in [5.74, 6) is 0.940. The number of nitrogens with one attached hydrogen (secondary N) is 1. The number of benzene rings is 1. The van der Waals surface area contributed by atoms with E-state index < -0.39 is 5.25 Å². The van der Waals surface area contributed by atoms with Crippen molar-refractivity contribution in [3.63, 3.8) is 0 Å². The molecule has 32 heavy (non-hydrogen) atoms. The van der Waals surface area contributed by atoms with Gasteiger partial charge in [0, 0.05) is 24.2 Å². The number of anilines is 1. The van der Waals surface area contributed by atoms with Gasteiger partial charge in [-0.05, 0) is 68.3 Å². The molecule has 1 N–H and O–H groups in total. The second kappa shape index (κ2) is 9.50. The molecule has 0 aliphatic heterocycles. The van der Waals surface area contributed by atoms with Crippen LogP contribution < -0.4 is 5.32 Å². The fraction of sp³-hybridized carbons (Fsp3) is 0.174. The lowest BCUT2D eigenvalue weighted by Gasteiger charge is -2.14. The van der Waals surface area contributed by atoms with Crippen LogP contribution in [-0.4, -0.2) is 35.9 Å². The lowest BCUT2D eigenvalue weighted by atomic mass is 10.1. The maximum Gasteiger partial charge on any atom is 0.238 e. The second-order valence-electron chi connectivity index (χ2n) is 7.26. The van der Waals surface area contributed by atoms with E-state index in [1.54, 1.807) is 24.5 Å². The predicted molar refractivity (Wildman–Crippen MR) is 127 cm³/mol. The molecule has 0 fully saturated rings. The molecule has 0 aliphatic carbocycles. The lowest BCUT2D eigenvalue weighted by Crippen LogP contribution is -2.23. The molecule has 0 spiro atoms. The number of nitrogens with zero attached hydrogens (tertiary/aromatic N) is 5. The average Bonchev–Trinajstić information content (AvgIpc) is 3.21. The number of carbonyl (C=O) groups is 1. The van der Waals surface area contributed by atoms with E-state index in [9.17, 15) is 4.79 Å². The van der Waals surface area contributed by atoms with E-state index in [4.69, 9.17) is 11.6 Å². The number of halogens is 1. The molecular formula is C23H21ClN6OS. The smallest absolute Gasteiger partial charge is 0.238 e. The number of hydrogen-bond acceptors (Lipinski definition) is 6. The molecule has 4 aromatic rings. The summed E-state index contributed by atoms with van der Waals surface area (Å²) in [6.45, 7) is 5.96. The number of thioether (sulfide) groups is 1. The Labute approximate surface area is 195 Å². The van der Waals surface area contributed by atoms with Crippen LogP contribution in [0, 0.1) is 13.8 Å². The summed E-state index contributed by atoms with van der Waals surface area (Å²) in [6.07, 6.45) is 4.93. The SMILES string of the molecule is Cc1ccc(-n2c(SC(C)C(=O)Nc3ccc(Cl)cn3)nnc2-c2ccncc2)cc1C. The van der Waals surface area contributed by atoms with Gasteiger partial charge in [-0.15, -0.1) is 10.2 Å². The molecule has 4 rings (SSSR count). The van der Waals surface area contributed by atoms with Gasteiger partial charge in [-0.1, -0.05) is 29.4 Å².